The van der Waals surface area contributed by atoms with Crippen molar-refractivity contribution in [3.05, 3.63) is 59.2 Å². The first-order valence-corrected chi connectivity index (χ1v) is 11.8. The first kappa shape index (κ1) is 21.8. The molecule has 0 fully saturated rings. The van der Waals surface area contributed by atoms with Gasteiger partial charge in [-0.3, -0.25) is 13.9 Å². The van der Waals surface area contributed by atoms with Crippen LogP contribution in [0.5, 0.6) is 0 Å². The topological polar surface area (TPSA) is 95.6 Å². The molecule has 1 aliphatic rings. The Labute approximate surface area is 177 Å². The zero-order valence-electron chi connectivity index (χ0n) is 17.4. The van der Waals surface area contributed by atoms with Gasteiger partial charge >= 0.3 is 0 Å². The second kappa shape index (κ2) is 8.87. The highest BCUT2D eigenvalue weighted by Gasteiger charge is 2.32. The summed E-state index contributed by atoms with van der Waals surface area (Å²) < 4.78 is 25.5. The summed E-state index contributed by atoms with van der Waals surface area (Å²) in [5.74, 6) is -0.266. The summed E-state index contributed by atoms with van der Waals surface area (Å²) in [6.45, 7) is 4.12. The number of nitrogens with one attached hydrogen (secondary N) is 2. The summed E-state index contributed by atoms with van der Waals surface area (Å²) in [6.07, 6.45) is 3.01. The summed E-state index contributed by atoms with van der Waals surface area (Å²) in [4.78, 5) is 24.4. The third-order valence-electron chi connectivity index (χ3n) is 4.99. The van der Waals surface area contributed by atoms with E-state index in [2.05, 4.69) is 10.6 Å². The number of carbonyl (C=O) groups is 2. The number of benzene rings is 2. The van der Waals surface area contributed by atoms with E-state index in [1.165, 1.54) is 10.6 Å². The van der Waals surface area contributed by atoms with Gasteiger partial charge in [0.15, 0.2) is 0 Å². The molecule has 0 radical (unpaired) electrons. The molecule has 0 aliphatic carbocycles. The Bertz CT molecular complexity index is 1070. The zero-order chi connectivity index (χ0) is 21.9. The molecular formula is C22H27N3O4S. The molecule has 0 bridgehead atoms. The van der Waals surface area contributed by atoms with Crippen LogP contribution >= 0.6 is 0 Å². The van der Waals surface area contributed by atoms with Crippen molar-refractivity contribution in [1.82, 2.24) is 5.32 Å². The third kappa shape index (κ3) is 4.99. The molecule has 1 atom stereocenters. The number of hydrogen-bond acceptors (Lipinski definition) is 4. The molecule has 160 valence electrons. The lowest BCUT2D eigenvalue weighted by molar-refractivity contribution is -0.116. The minimum Gasteiger partial charge on any atom is -0.348 e. The highest BCUT2D eigenvalue weighted by molar-refractivity contribution is 7.92. The van der Waals surface area contributed by atoms with Crippen LogP contribution in [-0.4, -0.2) is 32.5 Å². The third-order valence-corrected chi connectivity index (χ3v) is 6.26. The summed E-state index contributed by atoms with van der Waals surface area (Å²) in [7, 11) is -3.36. The number of carbonyl (C=O) groups excluding carboxylic acids is 2. The highest BCUT2D eigenvalue weighted by Crippen LogP contribution is 2.34. The number of sulfonamides is 1. The van der Waals surface area contributed by atoms with Crippen molar-refractivity contribution in [2.75, 3.05) is 15.9 Å². The molecule has 0 saturated carbocycles. The fraction of sp³-hybridized carbons (Fsp3) is 0.364. The Morgan fingerprint density at radius 3 is 2.63 bits per heavy atom. The van der Waals surface area contributed by atoms with Crippen LogP contribution in [0, 0.1) is 0 Å². The first-order chi connectivity index (χ1) is 14.2. The second-order valence-electron chi connectivity index (χ2n) is 7.64. The molecule has 1 aliphatic heterocycles. The Hall–Kier alpha value is -2.87. The summed E-state index contributed by atoms with van der Waals surface area (Å²) >= 11 is 0. The van der Waals surface area contributed by atoms with Gasteiger partial charge in [-0.05, 0) is 61.2 Å². The van der Waals surface area contributed by atoms with Crippen LogP contribution in [0.25, 0.3) is 0 Å². The van der Waals surface area contributed by atoms with Gasteiger partial charge < -0.3 is 10.6 Å². The number of anilines is 2. The van der Waals surface area contributed by atoms with Crippen molar-refractivity contribution in [2.45, 2.75) is 45.7 Å². The lowest BCUT2D eigenvalue weighted by Gasteiger charge is -2.21. The van der Waals surface area contributed by atoms with Gasteiger partial charge in [-0.2, -0.15) is 0 Å². The van der Waals surface area contributed by atoms with Crippen LogP contribution < -0.4 is 14.9 Å². The van der Waals surface area contributed by atoms with Crippen molar-refractivity contribution in [1.29, 1.82) is 0 Å². The number of rotatable bonds is 7. The van der Waals surface area contributed by atoms with Crippen LogP contribution in [0.2, 0.25) is 0 Å². The number of fused-ring (bicyclic) bond motifs is 1. The molecule has 2 N–H and O–H groups in total. The molecule has 2 aromatic carbocycles. The monoisotopic (exact) mass is 429 g/mol. The molecule has 3 rings (SSSR count). The quantitative estimate of drug-likeness (QED) is 0.707. The number of nitrogens with zero attached hydrogens (tertiary/aromatic N) is 1. The summed E-state index contributed by atoms with van der Waals surface area (Å²) in [5, 5.41) is 5.73. The van der Waals surface area contributed by atoms with E-state index in [9.17, 15) is 18.0 Å². The van der Waals surface area contributed by atoms with E-state index in [1.54, 1.807) is 18.2 Å². The van der Waals surface area contributed by atoms with Gasteiger partial charge in [0.05, 0.1) is 11.9 Å². The maximum absolute atomic E-state index is 12.6. The molecule has 0 spiro atoms. The van der Waals surface area contributed by atoms with Gasteiger partial charge in [0, 0.05) is 30.3 Å². The van der Waals surface area contributed by atoms with Crippen molar-refractivity contribution in [3.8, 4) is 0 Å². The van der Waals surface area contributed by atoms with Crippen LogP contribution in [0.15, 0.2) is 42.5 Å². The van der Waals surface area contributed by atoms with Gasteiger partial charge in [0.25, 0.3) is 5.91 Å². The van der Waals surface area contributed by atoms with E-state index in [0.29, 0.717) is 36.3 Å². The molecule has 7 nitrogen and oxygen atoms in total. The smallest absolute Gasteiger partial charge is 0.251 e. The van der Waals surface area contributed by atoms with Gasteiger partial charge in [-0.15, -0.1) is 0 Å². The summed E-state index contributed by atoms with van der Waals surface area (Å²) in [5.41, 5.74) is 3.55. The average Bonchev–Trinajstić information content (AvgIpc) is 3.01. The fourth-order valence-corrected chi connectivity index (χ4v) is 5.01. The number of hydrogen-bond donors (Lipinski definition) is 2. The van der Waals surface area contributed by atoms with Crippen molar-refractivity contribution in [3.63, 3.8) is 0 Å². The Morgan fingerprint density at radius 1 is 1.17 bits per heavy atom. The molecule has 0 saturated heterocycles. The van der Waals surface area contributed by atoms with Crippen LogP contribution in [0.1, 0.15) is 48.2 Å². The molecule has 1 unspecified atom stereocenters. The molecule has 0 aromatic heterocycles. The fourth-order valence-electron chi connectivity index (χ4n) is 3.74. The average molecular weight is 430 g/mol. The van der Waals surface area contributed by atoms with E-state index < -0.39 is 10.0 Å². The van der Waals surface area contributed by atoms with Gasteiger partial charge in [-0.1, -0.05) is 19.1 Å². The number of amides is 2. The zero-order valence-corrected chi connectivity index (χ0v) is 18.3. The van der Waals surface area contributed by atoms with E-state index >= 15 is 0 Å². The molecule has 30 heavy (non-hydrogen) atoms. The van der Waals surface area contributed by atoms with Crippen LogP contribution in [-0.2, 0) is 27.8 Å². The van der Waals surface area contributed by atoms with Crippen LogP contribution in [0.4, 0.5) is 11.4 Å². The van der Waals surface area contributed by atoms with Gasteiger partial charge in [0.1, 0.15) is 0 Å². The molecule has 2 aromatic rings. The first-order valence-electron chi connectivity index (χ1n) is 9.98. The maximum Gasteiger partial charge on any atom is 0.251 e. The van der Waals surface area contributed by atoms with Crippen LogP contribution in [0.3, 0.4) is 0 Å². The molecule has 8 heteroatoms. The normalized spacial score (nSPS) is 15.6. The minimum absolute atomic E-state index is 0.0332. The Kier molecular flexibility index (Phi) is 6.45. The Balaban J connectivity index is 1.67. The standard InChI is InChI=1S/C22H27N3O4S/c1-4-6-21(26)24-19-8-5-7-16(12-19)14-23-22(27)17-9-10-20-18(13-17)11-15(2)25(20)30(3,28)29/h5,7-10,12-13,15H,4,6,11,14H2,1-3H3,(H,23,27)(H,24,26). The van der Waals surface area contributed by atoms with Gasteiger partial charge in [-0.25, -0.2) is 8.42 Å². The predicted octanol–water partition coefficient (Wildman–Crippen LogP) is 3.07. The summed E-state index contributed by atoms with van der Waals surface area (Å²) in [6, 6.07) is 12.3. The second-order valence-corrected chi connectivity index (χ2v) is 9.50. The molecule has 1 heterocycles. The van der Waals surface area contributed by atoms with E-state index in [4.69, 9.17) is 0 Å². The maximum atomic E-state index is 12.6. The minimum atomic E-state index is -3.36. The van der Waals surface area contributed by atoms with E-state index in [1.807, 2.05) is 38.1 Å². The molecular weight excluding hydrogens is 402 g/mol. The lowest BCUT2D eigenvalue weighted by Crippen LogP contribution is -2.34. The van der Waals surface area contributed by atoms with Crippen molar-refractivity contribution < 1.29 is 18.0 Å². The van der Waals surface area contributed by atoms with E-state index in [-0.39, 0.29) is 17.9 Å². The lowest BCUT2D eigenvalue weighted by atomic mass is 10.1. The van der Waals surface area contributed by atoms with Crippen molar-refractivity contribution >= 4 is 33.2 Å². The highest BCUT2D eigenvalue weighted by atomic mass is 32.2. The Morgan fingerprint density at radius 2 is 1.93 bits per heavy atom. The SMILES string of the molecule is CCCC(=O)Nc1cccc(CNC(=O)c2ccc3c(c2)CC(C)N3S(C)(=O)=O)c1. The van der Waals surface area contributed by atoms with E-state index in [0.717, 1.165) is 17.5 Å². The van der Waals surface area contributed by atoms with Crippen molar-refractivity contribution in [2.24, 2.45) is 0 Å². The molecule has 2 amide bonds. The predicted molar refractivity (Wildman–Crippen MR) is 118 cm³/mol. The largest absolute Gasteiger partial charge is 0.348 e. The van der Waals surface area contributed by atoms with Gasteiger partial charge in [0.2, 0.25) is 15.9 Å².